The molecule has 0 saturated heterocycles. The van der Waals surface area contributed by atoms with Gasteiger partial charge in [0.2, 0.25) is 0 Å². The Hall–Kier alpha value is -5.38. The molecule has 4 aromatic rings. The van der Waals surface area contributed by atoms with Crippen molar-refractivity contribution < 1.29 is 68.0 Å². The molecule has 4 aromatic heterocycles. The summed E-state index contributed by atoms with van der Waals surface area (Å²) in [6.45, 7) is 30.0. The first-order valence-electron chi connectivity index (χ1n) is 27.0. The molecule has 19 heteroatoms. The summed E-state index contributed by atoms with van der Waals surface area (Å²) in [5, 5.41) is 54.2. The number of aromatic carboxylic acids is 4. The van der Waals surface area contributed by atoms with E-state index < -0.39 is 23.9 Å². The summed E-state index contributed by atoms with van der Waals surface area (Å²) >= 11 is 7.40. The van der Waals surface area contributed by atoms with Gasteiger partial charge < -0.3 is 45.0 Å². The Labute approximate surface area is 483 Å². The third-order valence-corrected chi connectivity index (χ3v) is 12.4. The summed E-state index contributed by atoms with van der Waals surface area (Å²) in [5.41, 5.74) is 1.36. The van der Waals surface area contributed by atoms with E-state index in [-0.39, 0.29) is 53.1 Å². The van der Waals surface area contributed by atoms with Gasteiger partial charge >= 0.3 is 37.4 Å². The maximum absolute atomic E-state index is 10.8. The van der Waals surface area contributed by atoms with Crippen LogP contribution in [0.2, 0.25) is 0 Å². The second-order valence-electron chi connectivity index (χ2n) is 18.4. The molecular weight excluding hydrogens is 1100 g/mol. The molecule has 0 saturated carbocycles. The van der Waals surface area contributed by atoms with Crippen molar-refractivity contribution >= 4 is 58.6 Å². The molecule has 0 aromatic carbocycles. The Balaban J connectivity index is -0.000000911. The number of rotatable bonds is 30. The number of carbonyl (C=O) groups is 4. The number of thiocarbonyl (C=S) groups is 2. The zero-order chi connectivity index (χ0) is 57.6. The van der Waals surface area contributed by atoms with Gasteiger partial charge in [0.15, 0.2) is 0 Å². The average molecular weight is 1190 g/mol. The number of nitrogens with zero attached hydrogens (tertiary/aromatic N) is 8. The number of aromatic nitrogens is 4. The SMILES string of the molecule is CCCC[N+](CCCC)(CCCC)CCCC.CCCC[N+](CCCC)(CCCC)CCCC.O=C(O)c1ccnc(-c2cc(C(=O)O)ccn2)c1.O=C([O-])c1ccnc(-c2cc(C(=O)O)ccn2)c1.[N-]=C=S.[N-]=C=S.[Ru+2]. The van der Waals surface area contributed by atoms with E-state index in [1.165, 1.54) is 248 Å². The van der Waals surface area contributed by atoms with Crippen LogP contribution in [0.1, 0.15) is 200 Å². The molecule has 0 bridgehead atoms. The van der Waals surface area contributed by atoms with Gasteiger partial charge in [0.05, 0.1) is 97.8 Å². The predicted octanol–water partition coefficient (Wildman–Crippen LogP) is 13.1. The van der Waals surface area contributed by atoms with Crippen molar-refractivity contribution in [3.63, 3.8) is 0 Å². The molecule has 0 aliphatic carbocycles. The number of pyridine rings is 4. The fraction of sp³-hybridized carbons (Fsp3) is 0.552. The van der Waals surface area contributed by atoms with Crippen molar-refractivity contribution in [2.45, 2.75) is 158 Å². The molecule has 0 radical (unpaired) electrons. The summed E-state index contributed by atoms with van der Waals surface area (Å²) in [6.07, 6.45) is 27.4. The van der Waals surface area contributed by atoms with E-state index >= 15 is 0 Å². The summed E-state index contributed by atoms with van der Waals surface area (Å²) < 4.78 is 2.84. The minimum Gasteiger partial charge on any atom is -0.753 e. The monoisotopic (exact) mass is 1190 g/mol. The van der Waals surface area contributed by atoms with Crippen LogP contribution in [0.3, 0.4) is 0 Å². The zero-order valence-corrected chi connectivity index (χ0v) is 50.4. The second-order valence-corrected chi connectivity index (χ2v) is 18.8. The molecule has 0 unspecified atom stereocenters. The molecule has 4 rings (SSSR count). The summed E-state index contributed by atoms with van der Waals surface area (Å²) in [4.78, 5) is 59.0. The maximum atomic E-state index is 10.8. The number of isothiocyanates is 2. The van der Waals surface area contributed by atoms with Gasteiger partial charge in [0.1, 0.15) is 0 Å². The number of carboxylic acids is 4. The molecule has 0 aliphatic heterocycles. The average Bonchev–Trinajstić information content (AvgIpc) is 3.43. The van der Waals surface area contributed by atoms with E-state index in [0.717, 1.165) is 0 Å². The molecule has 77 heavy (non-hydrogen) atoms. The first-order valence-corrected chi connectivity index (χ1v) is 27.8. The van der Waals surface area contributed by atoms with Gasteiger partial charge in [-0.05, 0) is 99.9 Å². The van der Waals surface area contributed by atoms with Crippen LogP contribution in [0.15, 0.2) is 73.3 Å². The Morgan fingerprint density at radius 1 is 0.429 bits per heavy atom. The van der Waals surface area contributed by atoms with Crippen molar-refractivity contribution in [2.24, 2.45) is 0 Å². The van der Waals surface area contributed by atoms with Gasteiger partial charge in [-0.2, -0.15) is 10.3 Å². The molecule has 426 valence electrons. The Morgan fingerprint density at radius 2 is 0.597 bits per heavy atom. The van der Waals surface area contributed by atoms with Crippen molar-refractivity contribution in [3.8, 4) is 22.8 Å². The van der Waals surface area contributed by atoms with E-state index in [0.29, 0.717) is 11.4 Å². The van der Waals surface area contributed by atoms with Crippen molar-refractivity contribution in [1.82, 2.24) is 19.9 Å². The van der Waals surface area contributed by atoms with Crippen molar-refractivity contribution in [2.75, 3.05) is 52.4 Å². The fourth-order valence-corrected chi connectivity index (χ4v) is 8.10. The topological polar surface area (TPSA) is 248 Å². The molecule has 0 spiro atoms. The normalized spacial score (nSPS) is 10.2. The summed E-state index contributed by atoms with van der Waals surface area (Å²) in [7, 11) is 0. The van der Waals surface area contributed by atoms with E-state index in [1.807, 2.05) is 0 Å². The summed E-state index contributed by atoms with van der Waals surface area (Å²) in [6, 6.07) is 10.6. The molecule has 3 N–H and O–H groups in total. The van der Waals surface area contributed by atoms with Gasteiger partial charge in [-0.25, -0.2) is 14.4 Å². The van der Waals surface area contributed by atoms with Crippen LogP contribution in [-0.4, -0.2) is 131 Å². The molecule has 0 fully saturated rings. The minimum atomic E-state index is -1.33. The molecule has 16 nitrogen and oxygen atoms in total. The first kappa shape index (κ1) is 75.9. The number of carbonyl (C=O) groups excluding carboxylic acids is 1. The third-order valence-electron chi connectivity index (χ3n) is 12.4. The quantitative estimate of drug-likeness (QED) is 0.0190. The van der Waals surface area contributed by atoms with Gasteiger partial charge in [0, 0.05) is 30.4 Å². The smallest absolute Gasteiger partial charge is 0.753 e. The van der Waals surface area contributed by atoms with E-state index in [9.17, 15) is 24.3 Å². The third kappa shape index (κ3) is 34.2. The molecular formula is C58H87N8O8RuS2+. The molecule has 0 atom stereocenters. The molecule has 0 aliphatic rings. The predicted molar refractivity (Wildman–Crippen MR) is 311 cm³/mol. The van der Waals surface area contributed by atoms with Crippen LogP contribution < -0.4 is 5.11 Å². The van der Waals surface area contributed by atoms with Crippen LogP contribution in [0.5, 0.6) is 0 Å². The van der Waals surface area contributed by atoms with E-state index in [2.05, 4.69) is 99.8 Å². The van der Waals surface area contributed by atoms with Crippen LogP contribution in [0.25, 0.3) is 33.6 Å². The van der Waals surface area contributed by atoms with Crippen LogP contribution in [-0.2, 0) is 19.5 Å². The number of quaternary nitrogens is 2. The Kier molecular flexibility index (Phi) is 47.1. The van der Waals surface area contributed by atoms with Crippen molar-refractivity contribution in [1.29, 1.82) is 0 Å². The molecule has 0 amide bonds. The molecule has 4 heterocycles. The second kappa shape index (κ2) is 47.8. The standard InChI is InChI=1S/2C16H36N.2C12H8N2O4.2CNS.Ru/c2*1-5-9-13-17(14-10-6-2,15-11-7-3)16-12-8-4;2*15-11(16)7-1-3-13-9(5-7)10-6-8(12(17)18)2-4-14-10;2*2-1-3;/h2*5-16H2,1-4H3;2*1-6H,(H,15,16)(H,17,18);;;/q2*+1;;;2*-1;+2/p-1. The van der Waals surface area contributed by atoms with Gasteiger partial charge in [0.25, 0.3) is 0 Å². The number of hydrogen-bond acceptors (Lipinski definition) is 11. The Morgan fingerprint density at radius 3 is 0.753 bits per heavy atom. The number of unbranched alkanes of at least 4 members (excludes halogenated alkanes) is 8. The summed E-state index contributed by atoms with van der Waals surface area (Å²) in [5.74, 6) is -4.57. The fourth-order valence-electron chi connectivity index (χ4n) is 8.10. The van der Waals surface area contributed by atoms with Gasteiger partial charge in [-0.15, -0.1) is 0 Å². The van der Waals surface area contributed by atoms with Crippen LogP contribution in [0.4, 0.5) is 0 Å². The van der Waals surface area contributed by atoms with Crippen LogP contribution >= 0.6 is 24.4 Å². The largest absolute Gasteiger partial charge is 2.00 e. The minimum absolute atomic E-state index is 0. The van der Waals surface area contributed by atoms with Gasteiger partial charge in [-0.3, -0.25) is 19.9 Å². The number of hydrogen-bond donors (Lipinski definition) is 3. The van der Waals surface area contributed by atoms with E-state index in [4.69, 9.17) is 26.1 Å². The van der Waals surface area contributed by atoms with Crippen molar-refractivity contribution in [3.05, 3.63) is 106 Å². The maximum Gasteiger partial charge on any atom is 2.00 e. The zero-order valence-electron chi connectivity index (χ0n) is 47.0. The number of carboxylic acid groups (broad SMARTS) is 4. The van der Waals surface area contributed by atoms with Gasteiger partial charge in [-0.1, -0.05) is 131 Å². The van der Waals surface area contributed by atoms with Crippen LogP contribution in [0, 0.1) is 0 Å². The van der Waals surface area contributed by atoms with E-state index in [1.54, 1.807) is 0 Å². The Bertz CT molecular complexity index is 1970. The first-order chi connectivity index (χ1) is 36.5.